The van der Waals surface area contributed by atoms with Gasteiger partial charge in [-0.15, -0.1) is 12.3 Å². The first-order chi connectivity index (χ1) is 8.96. The molecule has 2 aliphatic carbocycles. The van der Waals surface area contributed by atoms with Gasteiger partial charge in [-0.3, -0.25) is 4.79 Å². The predicted molar refractivity (Wildman–Crippen MR) is 71.3 cm³/mol. The largest absolute Gasteiger partial charge is 0.273 e. The normalized spacial score (nSPS) is 39.1. The Labute approximate surface area is 113 Å². The third-order valence-corrected chi connectivity index (χ3v) is 6.99. The minimum Gasteiger partial charge on any atom is -0.273 e. The van der Waals surface area contributed by atoms with Gasteiger partial charge < -0.3 is 0 Å². The molecule has 2 bridgehead atoms. The molecule has 0 aromatic carbocycles. The van der Waals surface area contributed by atoms with Crippen LogP contribution in [-0.2, 0) is 14.8 Å². The number of sulfonamides is 1. The molecule has 3 aliphatic rings. The fourth-order valence-corrected chi connectivity index (χ4v) is 6.21. The van der Waals surface area contributed by atoms with Crippen LogP contribution >= 0.6 is 0 Å². The average molecular weight is 279 g/mol. The van der Waals surface area contributed by atoms with Gasteiger partial charge in [-0.1, -0.05) is 19.1 Å². The topological polar surface area (TPSA) is 54.5 Å². The molecule has 102 valence electrons. The summed E-state index contributed by atoms with van der Waals surface area (Å²) in [5, 5.41) is -0.385. The minimum atomic E-state index is -3.49. The Kier molecular flexibility index (Phi) is 2.75. The molecule has 4 nitrogen and oxygen atoms in total. The van der Waals surface area contributed by atoms with Gasteiger partial charge in [0.15, 0.2) is 0 Å². The number of hydrogen-bond donors (Lipinski definition) is 0. The molecule has 1 saturated carbocycles. The Hall–Kier alpha value is -1.28. The number of rotatable bonds is 2. The van der Waals surface area contributed by atoms with Crippen molar-refractivity contribution in [1.29, 1.82) is 0 Å². The molecule has 2 fully saturated rings. The van der Waals surface area contributed by atoms with Gasteiger partial charge in [0.1, 0.15) is 0 Å². The van der Waals surface area contributed by atoms with Gasteiger partial charge in [-0.2, -0.15) is 0 Å². The van der Waals surface area contributed by atoms with Crippen LogP contribution in [0.15, 0.2) is 12.2 Å². The van der Waals surface area contributed by atoms with Gasteiger partial charge in [0, 0.05) is 24.8 Å². The number of carbonyl (C=O) groups is 1. The number of allylic oxidation sites excluding steroid dienone is 2. The van der Waals surface area contributed by atoms with E-state index in [1.165, 1.54) is 0 Å². The quantitative estimate of drug-likeness (QED) is 0.560. The fraction of sp³-hybridized carbons (Fsp3) is 0.643. The Morgan fingerprint density at radius 3 is 2.79 bits per heavy atom. The zero-order chi connectivity index (χ0) is 13.8. The summed E-state index contributed by atoms with van der Waals surface area (Å²) in [4.78, 5) is 12.2. The maximum absolute atomic E-state index is 12.5. The van der Waals surface area contributed by atoms with E-state index in [-0.39, 0.29) is 29.4 Å². The first-order valence-corrected chi connectivity index (χ1v) is 8.14. The summed E-state index contributed by atoms with van der Waals surface area (Å²) in [7, 11) is -3.49. The van der Waals surface area contributed by atoms with Crippen molar-refractivity contribution in [1.82, 2.24) is 4.31 Å². The van der Waals surface area contributed by atoms with Crippen molar-refractivity contribution in [2.75, 3.05) is 6.54 Å². The highest BCUT2D eigenvalue weighted by atomic mass is 32.2. The zero-order valence-electron chi connectivity index (χ0n) is 10.8. The van der Waals surface area contributed by atoms with Crippen LogP contribution < -0.4 is 0 Å². The Morgan fingerprint density at radius 2 is 2.16 bits per heavy atom. The first-order valence-electron chi connectivity index (χ1n) is 6.64. The SMILES string of the molecule is C#CC[C@H](C)C(=O)N1C[C@H]2[C@H]([C@H]3C=C[C@@H]2C3)S1(=O)=O. The zero-order valence-corrected chi connectivity index (χ0v) is 11.6. The van der Waals surface area contributed by atoms with Crippen molar-refractivity contribution >= 4 is 15.9 Å². The Bertz CT molecular complexity index is 586. The van der Waals surface area contributed by atoms with Crippen molar-refractivity contribution in [3.05, 3.63) is 12.2 Å². The summed E-state index contributed by atoms with van der Waals surface area (Å²) in [6, 6.07) is 0. The first kappa shape index (κ1) is 12.7. The lowest BCUT2D eigenvalue weighted by molar-refractivity contribution is -0.130. The molecule has 3 rings (SSSR count). The number of hydrogen-bond acceptors (Lipinski definition) is 3. The van der Waals surface area contributed by atoms with Crippen molar-refractivity contribution < 1.29 is 13.2 Å². The molecular formula is C14H17NO3S. The van der Waals surface area contributed by atoms with E-state index in [4.69, 9.17) is 6.42 Å². The molecule has 5 heteroatoms. The number of carbonyl (C=O) groups excluding carboxylic acids is 1. The molecule has 0 aromatic heterocycles. The molecule has 1 saturated heterocycles. The number of amides is 1. The molecule has 1 heterocycles. The van der Waals surface area contributed by atoms with E-state index >= 15 is 0 Å². The van der Waals surface area contributed by atoms with Gasteiger partial charge in [-0.05, 0) is 18.3 Å². The van der Waals surface area contributed by atoms with Crippen LogP contribution in [0.3, 0.4) is 0 Å². The second kappa shape index (κ2) is 4.11. The number of fused-ring (bicyclic) bond motifs is 5. The third-order valence-electron chi connectivity index (χ3n) is 4.66. The molecule has 19 heavy (non-hydrogen) atoms. The minimum absolute atomic E-state index is 0.0852. The van der Waals surface area contributed by atoms with E-state index < -0.39 is 15.9 Å². The van der Waals surface area contributed by atoms with Crippen molar-refractivity contribution in [2.45, 2.75) is 25.0 Å². The Morgan fingerprint density at radius 1 is 1.47 bits per heavy atom. The standard InChI is InChI=1S/C14H17NO3S/c1-3-4-9(2)14(16)15-8-12-10-5-6-11(7-10)13(12)19(15,17)18/h1,5-6,9-13H,4,7-8H2,2H3/t9-,10+,11-,12+,13-/m0/s1. The highest BCUT2D eigenvalue weighted by Crippen LogP contribution is 2.51. The van der Waals surface area contributed by atoms with Crippen LogP contribution in [0.5, 0.6) is 0 Å². The third kappa shape index (κ3) is 1.66. The smallest absolute Gasteiger partial charge is 0.241 e. The lowest BCUT2D eigenvalue weighted by Gasteiger charge is -2.21. The van der Waals surface area contributed by atoms with Gasteiger partial charge in [0.05, 0.1) is 5.25 Å². The summed E-state index contributed by atoms with van der Waals surface area (Å²) in [5.41, 5.74) is 0. The van der Waals surface area contributed by atoms with Gasteiger partial charge in [-0.25, -0.2) is 12.7 Å². The molecule has 0 aromatic rings. The van der Waals surface area contributed by atoms with Crippen LogP contribution in [0, 0.1) is 36.0 Å². The molecule has 1 aliphatic heterocycles. The van der Waals surface area contributed by atoms with Gasteiger partial charge in [0.2, 0.25) is 15.9 Å². The van der Waals surface area contributed by atoms with Crippen molar-refractivity contribution in [3.8, 4) is 12.3 Å². The lowest BCUT2D eigenvalue weighted by atomic mass is 9.93. The van der Waals surface area contributed by atoms with Crippen molar-refractivity contribution in [2.24, 2.45) is 23.7 Å². The molecule has 0 unspecified atom stereocenters. The molecule has 0 N–H and O–H groups in total. The van der Waals surface area contributed by atoms with Crippen LogP contribution in [0.4, 0.5) is 0 Å². The van der Waals surface area contributed by atoms with Crippen LogP contribution in [0.25, 0.3) is 0 Å². The van der Waals surface area contributed by atoms with E-state index in [2.05, 4.69) is 12.0 Å². The molecular weight excluding hydrogens is 262 g/mol. The summed E-state index contributed by atoms with van der Waals surface area (Å²) in [5.74, 6) is 2.16. The van der Waals surface area contributed by atoms with Crippen LogP contribution in [-0.4, -0.2) is 30.4 Å². The summed E-state index contributed by atoms with van der Waals surface area (Å²) < 4.78 is 26.2. The number of nitrogens with zero attached hydrogens (tertiary/aromatic N) is 1. The monoisotopic (exact) mass is 279 g/mol. The van der Waals surface area contributed by atoms with Gasteiger partial charge in [0.25, 0.3) is 0 Å². The highest BCUT2D eigenvalue weighted by molar-refractivity contribution is 7.90. The highest BCUT2D eigenvalue weighted by Gasteiger charge is 2.59. The van der Waals surface area contributed by atoms with Crippen LogP contribution in [0.1, 0.15) is 19.8 Å². The van der Waals surface area contributed by atoms with Gasteiger partial charge >= 0.3 is 0 Å². The number of terminal acetylenes is 1. The van der Waals surface area contributed by atoms with E-state index in [0.717, 1.165) is 10.7 Å². The summed E-state index contributed by atoms with van der Waals surface area (Å²) >= 11 is 0. The second-order valence-corrected chi connectivity index (χ2v) is 7.82. The maximum Gasteiger partial charge on any atom is 0.241 e. The summed E-state index contributed by atoms with van der Waals surface area (Å²) in [6.45, 7) is 2.03. The molecule has 0 radical (unpaired) electrons. The van der Waals surface area contributed by atoms with E-state index in [9.17, 15) is 13.2 Å². The maximum atomic E-state index is 12.5. The Balaban J connectivity index is 1.88. The molecule has 1 amide bonds. The molecule has 5 atom stereocenters. The van der Waals surface area contributed by atoms with E-state index in [0.29, 0.717) is 12.5 Å². The average Bonchev–Trinajstić information content (AvgIpc) is 3.00. The predicted octanol–water partition coefficient (Wildman–Crippen LogP) is 1.01. The van der Waals surface area contributed by atoms with Crippen molar-refractivity contribution in [3.63, 3.8) is 0 Å². The lowest BCUT2D eigenvalue weighted by Crippen LogP contribution is -2.39. The molecule has 0 spiro atoms. The van der Waals surface area contributed by atoms with Crippen LogP contribution in [0.2, 0.25) is 0 Å². The van der Waals surface area contributed by atoms with E-state index in [1.54, 1.807) is 6.92 Å². The second-order valence-electron chi connectivity index (χ2n) is 5.80. The fourth-order valence-electron chi connectivity index (χ4n) is 3.73. The van der Waals surface area contributed by atoms with E-state index in [1.807, 2.05) is 6.08 Å². The summed E-state index contributed by atoms with van der Waals surface area (Å²) in [6.07, 6.45) is 10.5.